The van der Waals surface area contributed by atoms with Crippen molar-refractivity contribution < 1.29 is 0 Å². The topological polar surface area (TPSA) is 37.8 Å². The van der Waals surface area contributed by atoms with Gasteiger partial charge in [0.2, 0.25) is 0 Å². The number of benzene rings is 1. The molecule has 106 valence electrons. The number of aromatic nitrogens is 2. The lowest BCUT2D eigenvalue weighted by atomic mass is 10.1. The van der Waals surface area contributed by atoms with Gasteiger partial charge in [0, 0.05) is 17.3 Å². The third kappa shape index (κ3) is 2.63. The van der Waals surface area contributed by atoms with Crippen LogP contribution in [0, 0.1) is 20.8 Å². The minimum Gasteiger partial charge on any atom is -0.339 e. The number of nitrogens with zero attached hydrogens (tertiary/aromatic N) is 2. The maximum atomic E-state index is 4.64. The molecule has 3 rings (SSSR count). The summed E-state index contributed by atoms with van der Waals surface area (Å²) in [6.07, 6.45) is 1.81. The molecule has 0 amide bonds. The fourth-order valence-electron chi connectivity index (χ4n) is 2.31. The van der Waals surface area contributed by atoms with Crippen molar-refractivity contribution in [2.75, 3.05) is 5.32 Å². The lowest BCUT2D eigenvalue weighted by Crippen LogP contribution is -2.00. The van der Waals surface area contributed by atoms with Gasteiger partial charge in [0.1, 0.15) is 5.82 Å². The Morgan fingerprint density at radius 2 is 1.86 bits per heavy atom. The van der Waals surface area contributed by atoms with Crippen molar-refractivity contribution in [1.29, 1.82) is 0 Å². The molecule has 21 heavy (non-hydrogen) atoms. The van der Waals surface area contributed by atoms with Crippen molar-refractivity contribution in [2.24, 2.45) is 0 Å². The number of hydrogen-bond donors (Lipinski definition) is 1. The molecule has 0 spiro atoms. The highest BCUT2D eigenvalue weighted by atomic mass is 79.9. The zero-order valence-electron chi connectivity index (χ0n) is 12.2. The summed E-state index contributed by atoms with van der Waals surface area (Å²) in [4.78, 5) is 9.04. The minimum absolute atomic E-state index is 0.831. The summed E-state index contributed by atoms with van der Waals surface area (Å²) in [5.74, 6) is 0.831. The summed E-state index contributed by atoms with van der Waals surface area (Å²) in [6.45, 7) is 6.16. The summed E-state index contributed by atoms with van der Waals surface area (Å²) < 4.78 is 0.964. The zero-order valence-corrected chi connectivity index (χ0v) is 13.8. The molecular formula is C17H16BrN3. The van der Waals surface area contributed by atoms with E-state index >= 15 is 0 Å². The highest BCUT2D eigenvalue weighted by molar-refractivity contribution is 9.10. The molecular weight excluding hydrogens is 326 g/mol. The van der Waals surface area contributed by atoms with Gasteiger partial charge >= 0.3 is 0 Å². The monoisotopic (exact) mass is 341 g/mol. The molecule has 3 nitrogen and oxygen atoms in total. The van der Waals surface area contributed by atoms with E-state index < -0.39 is 0 Å². The Kier molecular flexibility index (Phi) is 3.64. The lowest BCUT2D eigenvalue weighted by Gasteiger charge is -2.14. The van der Waals surface area contributed by atoms with Crippen LogP contribution in [0.25, 0.3) is 10.9 Å². The normalized spacial score (nSPS) is 10.9. The number of pyridine rings is 2. The highest BCUT2D eigenvalue weighted by Gasteiger charge is 2.10. The molecule has 0 unspecified atom stereocenters. The van der Waals surface area contributed by atoms with E-state index in [4.69, 9.17) is 0 Å². The molecule has 0 radical (unpaired) electrons. The fourth-order valence-corrected chi connectivity index (χ4v) is 2.84. The highest BCUT2D eigenvalue weighted by Crippen LogP contribution is 2.31. The van der Waals surface area contributed by atoms with E-state index in [-0.39, 0.29) is 0 Å². The lowest BCUT2D eigenvalue weighted by molar-refractivity contribution is 1.14. The predicted molar refractivity (Wildman–Crippen MR) is 91.2 cm³/mol. The molecule has 2 heterocycles. The summed E-state index contributed by atoms with van der Waals surface area (Å²) >= 11 is 3.59. The average molecular weight is 342 g/mol. The number of rotatable bonds is 2. The van der Waals surface area contributed by atoms with Crippen molar-refractivity contribution in [3.05, 3.63) is 57.8 Å². The van der Waals surface area contributed by atoms with Gasteiger partial charge in [-0.3, -0.25) is 4.98 Å². The van der Waals surface area contributed by atoms with E-state index in [2.05, 4.69) is 63.3 Å². The van der Waals surface area contributed by atoms with Gasteiger partial charge in [0.15, 0.2) is 0 Å². The molecule has 0 aliphatic carbocycles. The third-order valence-electron chi connectivity index (χ3n) is 3.66. The number of aryl methyl sites for hydroxylation is 3. The molecule has 0 bridgehead atoms. The summed E-state index contributed by atoms with van der Waals surface area (Å²) in [5, 5.41) is 4.55. The first-order chi connectivity index (χ1) is 10.1. The summed E-state index contributed by atoms with van der Waals surface area (Å²) in [6, 6.07) is 10.2. The van der Waals surface area contributed by atoms with Crippen LogP contribution in [0.15, 0.2) is 41.0 Å². The van der Waals surface area contributed by atoms with E-state index in [9.17, 15) is 0 Å². The van der Waals surface area contributed by atoms with Crippen LogP contribution in [0.5, 0.6) is 0 Å². The van der Waals surface area contributed by atoms with Crippen LogP contribution in [0.2, 0.25) is 0 Å². The molecule has 1 N–H and O–H groups in total. The van der Waals surface area contributed by atoms with Gasteiger partial charge in [-0.1, -0.05) is 6.07 Å². The van der Waals surface area contributed by atoms with E-state index in [1.165, 1.54) is 11.1 Å². The van der Waals surface area contributed by atoms with Crippen LogP contribution in [0.1, 0.15) is 16.8 Å². The van der Waals surface area contributed by atoms with Crippen LogP contribution in [-0.4, -0.2) is 9.97 Å². The zero-order chi connectivity index (χ0) is 15.0. The Labute approximate surface area is 132 Å². The van der Waals surface area contributed by atoms with Crippen LogP contribution < -0.4 is 5.32 Å². The van der Waals surface area contributed by atoms with Crippen molar-refractivity contribution in [3.8, 4) is 0 Å². The Bertz CT molecular complexity index is 828. The van der Waals surface area contributed by atoms with E-state index in [1.54, 1.807) is 0 Å². The molecule has 1 aromatic carbocycles. The van der Waals surface area contributed by atoms with Gasteiger partial charge < -0.3 is 5.32 Å². The first kappa shape index (κ1) is 14.0. The summed E-state index contributed by atoms with van der Waals surface area (Å²) in [7, 11) is 0. The minimum atomic E-state index is 0.831. The molecule has 0 aliphatic rings. The van der Waals surface area contributed by atoms with Crippen LogP contribution in [0.3, 0.4) is 0 Å². The number of halogens is 1. The second-order valence-electron chi connectivity index (χ2n) is 5.17. The molecule has 0 saturated carbocycles. The second kappa shape index (κ2) is 5.45. The Balaban J connectivity index is 2.14. The van der Waals surface area contributed by atoms with E-state index in [0.29, 0.717) is 0 Å². The van der Waals surface area contributed by atoms with Gasteiger partial charge in [0.25, 0.3) is 0 Å². The van der Waals surface area contributed by atoms with Crippen molar-refractivity contribution in [1.82, 2.24) is 9.97 Å². The van der Waals surface area contributed by atoms with Crippen LogP contribution in [0.4, 0.5) is 11.5 Å². The molecule has 4 heteroatoms. The molecule has 0 aliphatic heterocycles. The van der Waals surface area contributed by atoms with Crippen LogP contribution >= 0.6 is 15.9 Å². The van der Waals surface area contributed by atoms with Gasteiger partial charge in [-0.05, 0) is 72.1 Å². The number of nitrogens with one attached hydrogen (secondary N) is 1. The van der Waals surface area contributed by atoms with E-state index in [0.717, 1.165) is 32.6 Å². The first-order valence-corrected chi connectivity index (χ1v) is 7.60. The Hall–Kier alpha value is -1.94. The van der Waals surface area contributed by atoms with Crippen LogP contribution in [-0.2, 0) is 0 Å². The SMILES string of the molecule is Cc1cc(Br)c(Nc2c(C)ccc3ncccc23)nc1C. The Morgan fingerprint density at radius 3 is 2.67 bits per heavy atom. The van der Waals surface area contributed by atoms with Crippen molar-refractivity contribution in [3.63, 3.8) is 0 Å². The molecule has 0 fully saturated rings. The van der Waals surface area contributed by atoms with Gasteiger partial charge in [-0.15, -0.1) is 0 Å². The summed E-state index contributed by atoms with van der Waals surface area (Å²) in [5.41, 5.74) is 5.39. The number of fused-ring (bicyclic) bond motifs is 1. The number of hydrogen-bond acceptors (Lipinski definition) is 3. The predicted octanol–water partition coefficient (Wildman–Crippen LogP) is 5.06. The smallest absolute Gasteiger partial charge is 0.145 e. The maximum absolute atomic E-state index is 4.64. The van der Waals surface area contributed by atoms with Crippen molar-refractivity contribution >= 4 is 38.3 Å². The van der Waals surface area contributed by atoms with Gasteiger partial charge in [-0.25, -0.2) is 4.98 Å². The van der Waals surface area contributed by atoms with Gasteiger partial charge in [-0.2, -0.15) is 0 Å². The quantitative estimate of drug-likeness (QED) is 0.707. The van der Waals surface area contributed by atoms with Gasteiger partial charge in [0.05, 0.1) is 15.7 Å². The third-order valence-corrected chi connectivity index (χ3v) is 4.26. The average Bonchev–Trinajstić information content (AvgIpc) is 2.47. The number of anilines is 2. The maximum Gasteiger partial charge on any atom is 0.145 e. The molecule has 3 aromatic rings. The standard InChI is InChI=1S/C17H16BrN3/c1-10-6-7-15-13(5-4-8-19-15)16(10)21-17-14(18)9-11(2)12(3)20-17/h4-9H,1-3H3,(H,20,21). The van der Waals surface area contributed by atoms with Crippen molar-refractivity contribution in [2.45, 2.75) is 20.8 Å². The Morgan fingerprint density at radius 1 is 1.05 bits per heavy atom. The second-order valence-corrected chi connectivity index (χ2v) is 6.03. The fraction of sp³-hybridized carbons (Fsp3) is 0.176. The largest absolute Gasteiger partial charge is 0.339 e. The molecule has 0 saturated heterocycles. The molecule has 0 atom stereocenters. The first-order valence-electron chi connectivity index (χ1n) is 6.81. The molecule has 2 aromatic heterocycles. The van der Waals surface area contributed by atoms with E-state index in [1.807, 2.05) is 25.3 Å².